The van der Waals surface area contributed by atoms with Gasteiger partial charge in [0, 0.05) is 52.0 Å². The summed E-state index contributed by atoms with van der Waals surface area (Å²) >= 11 is 0. The van der Waals surface area contributed by atoms with Crippen molar-refractivity contribution in [3.63, 3.8) is 0 Å². The minimum Gasteiger partial charge on any atom is -0.354 e. The summed E-state index contributed by atoms with van der Waals surface area (Å²) in [5, 5.41) is 0. The molecule has 132 valence electrons. The van der Waals surface area contributed by atoms with Gasteiger partial charge in [-0.3, -0.25) is 9.69 Å². The summed E-state index contributed by atoms with van der Waals surface area (Å²) in [7, 11) is 0. The van der Waals surface area contributed by atoms with E-state index in [-0.39, 0.29) is 11.9 Å². The number of nitrogens with two attached hydrogens (primary N) is 1. The monoisotopic (exact) mass is 331 g/mol. The number of rotatable bonds is 4. The second kappa shape index (κ2) is 7.94. The molecule has 1 amide bonds. The summed E-state index contributed by atoms with van der Waals surface area (Å²) in [4.78, 5) is 23.4. The second-order valence-electron chi connectivity index (χ2n) is 7.06. The van der Waals surface area contributed by atoms with Gasteiger partial charge in [0.25, 0.3) is 0 Å². The zero-order valence-corrected chi connectivity index (χ0v) is 14.6. The third-order valence-corrected chi connectivity index (χ3v) is 5.08. The highest BCUT2D eigenvalue weighted by Crippen LogP contribution is 2.20. The summed E-state index contributed by atoms with van der Waals surface area (Å²) in [6, 6.07) is 5.69. The highest BCUT2D eigenvalue weighted by atomic mass is 16.2. The molecule has 2 saturated heterocycles. The van der Waals surface area contributed by atoms with Gasteiger partial charge in [0.05, 0.1) is 6.04 Å². The molecule has 6 heteroatoms. The maximum absolute atomic E-state index is 12.1. The molecule has 0 aromatic carbocycles. The van der Waals surface area contributed by atoms with Crippen molar-refractivity contribution in [1.82, 2.24) is 14.8 Å². The van der Waals surface area contributed by atoms with E-state index in [9.17, 15) is 4.79 Å². The van der Waals surface area contributed by atoms with Crippen molar-refractivity contribution in [3.8, 4) is 0 Å². The first-order valence-electron chi connectivity index (χ1n) is 9.06. The zero-order valence-electron chi connectivity index (χ0n) is 14.6. The molecule has 2 aliphatic rings. The minimum absolute atomic E-state index is 0.0969. The van der Waals surface area contributed by atoms with Gasteiger partial charge < -0.3 is 15.5 Å². The van der Waals surface area contributed by atoms with Crippen molar-refractivity contribution in [2.75, 3.05) is 50.7 Å². The molecule has 1 aromatic heterocycles. The lowest BCUT2D eigenvalue weighted by atomic mass is 9.96. The van der Waals surface area contributed by atoms with E-state index in [0.29, 0.717) is 5.92 Å². The Morgan fingerprint density at radius 1 is 1.29 bits per heavy atom. The molecule has 0 radical (unpaired) electrons. The molecule has 2 fully saturated rings. The van der Waals surface area contributed by atoms with Crippen LogP contribution in [-0.4, -0.2) is 72.5 Å². The summed E-state index contributed by atoms with van der Waals surface area (Å²) < 4.78 is 0. The number of nitrogens with zero attached hydrogens (tertiary/aromatic N) is 4. The number of piperidine rings is 1. The van der Waals surface area contributed by atoms with Gasteiger partial charge in [0.15, 0.2) is 0 Å². The molecule has 1 unspecified atom stereocenters. The summed E-state index contributed by atoms with van der Waals surface area (Å²) in [6.07, 6.45) is 4.16. The largest absolute Gasteiger partial charge is 0.354 e. The van der Waals surface area contributed by atoms with E-state index in [0.717, 1.165) is 58.1 Å². The number of carbonyl (C=O) groups excluding carboxylic acids is 1. The van der Waals surface area contributed by atoms with Crippen LogP contribution < -0.4 is 10.6 Å². The van der Waals surface area contributed by atoms with Crippen LogP contribution in [-0.2, 0) is 4.79 Å². The molecule has 2 atom stereocenters. The van der Waals surface area contributed by atoms with Gasteiger partial charge in [-0.2, -0.15) is 0 Å². The number of anilines is 1. The van der Waals surface area contributed by atoms with Crippen LogP contribution in [0.1, 0.15) is 19.8 Å². The summed E-state index contributed by atoms with van der Waals surface area (Å²) in [5.74, 6) is 1.74. The van der Waals surface area contributed by atoms with Gasteiger partial charge >= 0.3 is 0 Å². The lowest BCUT2D eigenvalue weighted by Gasteiger charge is -2.40. The van der Waals surface area contributed by atoms with E-state index in [2.05, 4.69) is 20.9 Å². The number of amides is 1. The Balaban J connectivity index is 1.47. The standard InChI is InChI=1S/C18H29N5O/c1-15(19)18(24)23-8-4-5-16(14-23)13-21-9-11-22(12-10-21)17-6-2-3-7-20-17/h2-3,6-7,15-16H,4-5,8-14,19H2,1H3/t15-,16?/m1/s1. The van der Waals surface area contributed by atoms with Crippen molar-refractivity contribution in [3.05, 3.63) is 24.4 Å². The Morgan fingerprint density at radius 2 is 2.08 bits per heavy atom. The fourth-order valence-electron chi connectivity index (χ4n) is 3.77. The quantitative estimate of drug-likeness (QED) is 0.884. The van der Waals surface area contributed by atoms with Crippen LogP contribution in [0.3, 0.4) is 0 Å². The van der Waals surface area contributed by atoms with E-state index < -0.39 is 0 Å². The number of piperazine rings is 1. The molecule has 2 aliphatic heterocycles. The van der Waals surface area contributed by atoms with Crippen molar-refractivity contribution in [1.29, 1.82) is 0 Å². The van der Waals surface area contributed by atoms with E-state index in [1.165, 1.54) is 6.42 Å². The van der Waals surface area contributed by atoms with Gasteiger partial charge in [0.1, 0.15) is 5.82 Å². The minimum atomic E-state index is -0.384. The number of pyridine rings is 1. The first-order chi connectivity index (χ1) is 11.6. The highest BCUT2D eigenvalue weighted by molar-refractivity contribution is 5.81. The predicted octanol–water partition coefficient (Wildman–Crippen LogP) is 0.789. The molecule has 24 heavy (non-hydrogen) atoms. The maximum atomic E-state index is 12.1. The number of hydrogen-bond donors (Lipinski definition) is 1. The molecule has 0 aliphatic carbocycles. The number of aromatic nitrogens is 1. The van der Waals surface area contributed by atoms with E-state index in [1.54, 1.807) is 6.92 Å². The van der Waals surface area contributed by atoms with Crippen LogP contribution in [0.25, 0.3) is 0 Å². The summed E-state index contributed by atoms with van der Waals surface area (Å²) in [6.45, 7) is 8.76. The average molecular weight is 331 g/mol. The lowest BCUT2D eigenvalue weighted by Crippen LogP contribution is -2.51. The van der Waals surface area contributed by atoms with Crippen molar-refractivity contribution >= 4 is 11.7 Å². The van der Waals surface area contributed by atoms with E-state index >= 15 is 0 Å². The van der Waals surface area contributed by atoms with Crippen LogP contribution in [0.5, 0.6) is 0 Å². The number of likely N-dealkylation sites (tertiary alicyclic amines) is 1. The van der Waals surface area contributed by atoms with Crippen LogP contribution in [0, 0.1) is 5.92 Å². The normalized spacial score (nSPS) is 24.0. The van der Waals surface area contributed by atoms with Gasteiger partial charge in [-0.1, -0.05) is 6.07 Å². The van der Waals surface area contributed by atoms with Crippen LogP contribution in [0.15, 0.2) is 24.4 Å². The molecule has 0 spiro atoms. The zero-order chi connectivity index (χ0) is 16.9. The molecule has 6 nitrogen and oxygen atoms in total. The average Bonchev–Trinajstić information content (AvgIpc) is 2.62. The highest BCUT2D eigenvalue weighted by Gasteiger charge is 2.27. The van der Waals surface area contributed by atoms with Crippen LogP contribution in [0.2, 0.25) is 0 Å². The molecule has 2 N–H and O–H groups in total. The predicted molar refractivity (Wildman–Crippen MR) is 95.8 cm³/mol. The molecular formula is C18H29N5O. The molecule has 0 bridgehead atoms. The Morgan fingerprint density at radius 3 is 2.75 bits per heavy atom. The smallest absolute Gasteiger partial charge is 0.239 e. The van der Waals surface area contributed by atoms with Crippen molar-refractivity contribution in [2.24, 2.45) is 11.7 Å². The van der Waals surface area contributed by atoms with Crippen LogP contribution in [0.4, 0.5) is 5.82 Å². The molecule has 1 aromatic rings. The Bertz CT molecular complexity index is 527. The number of hydrogen-bond acceptors (Lipinski definition) is 5. The van der Waals surface area contributed by atoms with E-state index in [4.69, 9.17) is 5.73 Å². The summed E-state index contributed by atoms with van der Waals surface area (Å²) in [5.41, 5.74) is 5.75. The third-order valence-electron chi connectivity index (χ3n) is 5.08. The maximum Gasteiger partial charge on any atom is 0.239 e. The van der Waals surface area contributed by atoms with E-state index in [1.807, 2.05) is 23.2 Å². The lowest BCUT2D eigenvalue weighted by molar-refractivity contribution is -0.134. The Kier molecular flexibility index (Phi) is 5.68. The molecule has 0 saturated carbocycles. The van der Waals surface area contributed by atoms with Gasteiger partial charge in [-0.25, -0.2) is 4.98 Å². The molecule has 3 heterocycles. The fraction of sp³-hybridized carbons (Fsp3) is 0.667. The first-order valence-corrected chi connectivity index (χ1v) is 9.06. The van der Waals surface area contributed by atoms with Crippen molar-refractivity contribution in [2.45, 2.75) is 25.8 Å². The third kappa shape index (κ3) is 4.24. The first kappa shape index (κ1) is 17.2. The van der Waals surface area contributed by atoms with Gasteiger partial charge in [0.2, 0.25) is 5.91 Å². The Hall–Kier alpha value is -1.66. The molecular weight excluding hydrogens is 302 g/mol. The second-order valence-corrected chi connectivity index (χ2v) is 7.06. The SMILES string of the molecule is C[C@@H](N)C(=O)N1CCCC(CN2CCN(c3ccccn3)CC2)C1. The fourth-order valence-corrected chi connectivity index (χ4v) is 3.77. The topological polar surface area (TPSA) is 65.7 Å². The number of carbonyl (C=O) groups is 1. The Labute approximate surface area is 144 Å². The molecule has 3 rings (SSSR count). The van der Waals surface area contributed by atoms with Crippen molar-refractivity contribution < 1.29 is 4.79 Å². The van der Waals surface area contributed by atoms with Gasteiger partial charge in [-0.15, -0.1) is 0 Å². The van der Waals surface area contributed by atoms with Crippen LogP contribution >= 0.6 is 0 Å². The van der Waals surface area contributed by atoms with Gasteiger partial charge in [-0.05, 0) is 37.8 Å².